The number of aromatic nitrogens is 2. The van der Waals surface area contributed by atoms with E-state index in [9.17, 15) is 0 Å². The van der Waals surface area contributed by atoms with E-state index in [0.717, 1.165) is 18.7 Å². The molecule has 4 nitrogen and oxygen atoms in total. The van der Waals surface area contributed by atoms with Crippen LogP contribution in [0.15, 0.2) is 4.42 Å². The molecule has 1 aromatic rings. The van der Waals surface area contributed by atoms with Crippen molar-refractivity contribution < 1.29 is 4.42 Å². The highest BCUT2D eigenvalue weighted by molar-refractivity contribution is 4.80. The summed E-state index contributed by atoms with van der Waals surface area (Å²) in [4.78, 5) is 0. The Hall–Kier alpha value is -0.900. The maximum absolute atomic E-state index is 5.38. The maximum atomic E-state index is 5.38. The van der Waals surface area contributed by atoms with E-state index >= 15 is 0 Å². The molecule has 0 saturated carbocycles. The predicted molar refractivity (Wildman–Crippen MR) is 59.3 cm³/mol. The summed E-state index contributed by atoms with van der Waals surface area (Å²) in [5, 5.41) is 7.75. The fraction of sp³-hybridized carbons (Fsp3) is 0.818. The van der Waals surface area contributed by atoms with E-state index in [-0.39, 0.29) is 0 Å². The maximum Gasteiger partial charge on any atom is 0.230 e. The van der Waals surface area contributed by atoms with Crippen molar-refractivity contribution >= 4 is 0 Å². The van der Waals surface area contributed by atoms with Gasteiger partial charge in [-0.05, 0) is 6.42 Å². The zero-order valence-corrected chi connectivity index (χ0v) is 9.54. The predicted octanol–water partition coefficient (Wildman–Crippen LogP) is 2.43. The van der Waals surface area contributed by atoms with Crippen molar-refractivity contribution in [2.75, 3.05) is 0 Å². The van der Waals surface area contributed by atoms with Crippen LogP contribution in [-0.2, 0) is 13.0 Å². The van der Waals surface area contributed by atoms with Crippen LogP contribution in [0.1, 0.15) is 57.2 Å². The largest absolute Gasteiger partial charge is 0.424 e. The topological polar surface area (TPSA) is 64.9 Å². The molecule has 1 rings (SSSR count). The van der Waals surface area contributed by atoms with Crippen LogP contribution in [0.2, 0.25) is 0 Å². The van der Waals surface area contributed by atoms with Crippen molar-refractivity contribution in [2.24, 2.45) is 5.73 Å². The second kappa shape index (κ2) is 7.40. The van der Waals surface area contributed by atoms with Gasteiger partial charge in [0.15, 0.2) is 0 Å². The van der Waals surface area contributed by atoms with Crippen molar-refractivity contribution in [3.63, 3.8) is 0 Å². The van der Waals surface area contributed by atoms with E-state index in [2.05, 4.69) is 17.1 Å². The molecule has 0 amide bonds. The minimum Gasteiger partial charge on any atom is -0.424 e. The molecule has 0 bridgehead atoms. The molecule has 0 saturated heterocycles. The average Bonchev–Trinajstić information content (AvgIpc) is 2.71. The molecule has 4 heteroatoms. The van der Waals surface area contributed by atoms with Gasteiger partial charge in [-0.3, -0.25) is 0 Å². The van der Waals surface area contributed by atoms with Crippen molar-refractivity contribution in [3.8, 4) is 0 Å². The standard InChI is InChI=1S/C11H21N3O/c1-2-3-4-5-6-7-8-10-13-14-11(9-12)15-10/h2-9,12H2,1H3. The fourth-order valence-electron chi connectivity index (χ4n) is 1.53. The van der Waals surface area contributed by atoms with Gasteiger partial charge >= 0.3 is 0 Å². The van der Waals surface area contributed by atoms with Crippen LogP contribution in [0.3, 0.4) is 0 Å². The molecule has 0 fully saturated rings. The second-order valence-corrected chi connectivity index (χ2v) is 3.81. The number of aryl methyl sites for hydroxylation is 1. The van der Waals surface area contributed by atoms with E-state index in [1.165, 1.54) is 32.1 Å². The molecule has 0 aliphatic heterocycles. The number of rotatable bonds is 8. The smallest absolute Gasteiger partial charge is 0.230 e. The van der Waals surface area contributed by atoms with E-state index in [0.29, 0.717) is 12.4 Å². The van der Waals surface area contributed by atoms with Crippen LogP contribution in [-0.4, -0.2) is 10.2 Å². The summed E-state index contributed by atoms with van der Waals surface area (Å²) < 4.78 is 5.31. The minimum atomic E-state index is 0.337. The summed E-state index contributed by atoms with van der Waals surface area (Å²) in [5.74, 6) is 1.27. The zero-order valence-electron chi connectivity index (χ0n) is 9.54. The Morgan fingerprint density at radius 3 is 2.33 bits per heavy atom. The summed E-state index contributed by atoms with van der Waals surface area (Å²) in [6.45, 7) is 2.57. The van der Waals surface area contributed by atoms with Crippen LogP contribution in [0.25, 0.3) is 0 Å². The van der Waals surface area contributed by atoms with Gasteiger partial charge in [-0.25, -0.2) is 0 Å². The lowest BCUT2D eigenvalue weighted by molar-refractivity contribution is 0.441. The number of hydrogen-bond acceptors (Lipinski definition) is 4. The van der Waals surface area contributed by atoms with E-state index < -0.39 is 0 Å². The third-order valence-electron chi connectivity index (χ3n) is 2.43. The molecular formula is C11H21N3O. The highest BCUT2D eigenvalue weighted by Gasteiger charge is 2.03. The SMILES string of the molecule is CCCCCCCCc1nnc(CN)o1. The van der Waals surface area contributed by atoms with E-state index in [4.69, 9.17) is 10.2 Å². The highest BCUT2D eigenvalue weighted by Crippen LogP contribution is 2.08. The molecule has 0 spiro atoms. The quantitative estimate of drug-likeness (QED) is 0.671. The summed E-state index contributed by atoms with van der Waals surface area (Å²) in [6, 6.07) is 0. The lowest BCUT2D eigenvalue weighted by Gasteiger charge is -1.97. The van der Waals surface area contributed by atoms with Crippen LogP contribution in [0.5, 0.6) is 0 Å². The van der Waals surface area contributed by atoms with Gasteiger partial charge in [0.05, 0.1) is 6.54 Å². The molecule has 0 atom stereocenters. The number of unbranched alkanes of at least 4 members (excludes halogenated alkanes) is 5. The van der Waals surface area contributed by atoms with Crippen LogP contribution < -0.4 is 5.73 Å². The summed E-state index contributed by atoms with van der Waals surface area (Å²) in [6.07, 6.45) is 8.57. The lowest BCUT2D eigenvalue weighted by Crippen LogP contribution is -1.95. The van der Waals surface area contributed by atoms with Crippen LogP contribution in [0, 0.1) is 0 Å². The molecule has 1 heterocycles. The van der Waals surface area contributed by atoms with Crippen LogP contribution in [0.4, 0.5) is 0 Å². The van der Waals surface area contributed by atoms with Crippen molar-refractivity contribution in [2.45, 2.75) is 58.4 Å². The van der Waals surface area contributed by atoms with Crippen molar-refractivity contribution in [1.82, 2.24) is 10.2 Å². The molecule has 0 aliphatic rings. The molecule has 0 unspecified atom stereocenters. The van der Waals surface area contributed by atoms with Crippen molar-refractivity contribution in [1.29, 1.82) is 0 Å². The van der Waals surface area contributed by atoms with Gasteiger partial charge in [0.25, 0.3) is 0 Å². The third kappa shape index (κ3) is 4.93. The van der Waals surface area contributed by atoms with Crippen molar-refractivity contribution in [3.05, 3.63) is 11.8 Å². The first-order valence-corrected chi connectivity index (χ1v) is 5.88. The Balaban J connectivity index is 2.04. The Kier molecular flexibility index (Phi) is 6.00. The molecule has 1 aromatic heterocycles. The number of nitrogens with two attached hydrogens (primary N) is 1. The number of hydrogen-bond donors (Lipinski definition) is 1. The summed E-state index contributed by atoms with van der Waals surface area (Å²) in [7, 11) is 0. The van der Waals surface area contributed by atoms with Gasteiger partial charge < -0.3 is 10.2 Å². The minimum absolute atomic E-state index is 0.337. The van der Waals surface area contributed by atoms with Crippen LogP contribution >= 0.6 is 0 Å². The van der Waals surface area contributed by atoms with Gasteiger partial charge in [-0.2, -0.15) is 0 Å². The normalized spacial score (nSPS) is 10.8. The fourth-order valence-corrected chi connectivity index (χ4v) is 1.53. The van der Waals surface area contributed by atoms with Gasteiger partial charge in [-0.1, -0.05) is 39.0 Å². The molecule has 2 N–H and O–H groups in total. The Morgan fingerprint density at radius 1 is 1.00 bits per heavy atom. The summed E-state index contributed by atoms with van der Waals surface area (Å²) in [5.41, 5.74) is 5.38. The lowest BCUT2D eigenvalue weighted by atomic mass is 10.1. The highest BCUT2D eigenvalue weighted by atomic mass is 16.4. The molecule has 86 valence electrons. The van der Waals surface area contributed by atoms with E-state index in [1.54, 1.807) is 0 Å². The molecule has 15 heavy (non-hydrogen) atoms. The van der Waals surface area contributed by atoms with Gasteiger partial charge in [-0.15, -0.1) is 10.2 Å². The Bertz CT molecular complexity index is 260. The number of nitrogens with zero attached hydrogens (tertiary/aromatic N) is 2. The summed E-state index contributed by atoms with van der Waals surface area (Å²) >= 11 is 0. The first kappa shape index (κ1) is 12.2. The zero-order chi connectivity index (χ0) is 10.9. The molecule has 0 aromatic carbocycles. The first-order chi connectivity index (χ1) is 7.36. The Morgan fingerprint density at radius 2 is 1.67 bits per heavy atom. The first-order valence-electron chi connectivity index (χ1n) is 5.88. The average molecular weight is 211 g/mol. The second-order valence-electron chi connectivity index (χ2n) is 3.81. The van der Waals surface area contributed by atoms with E-state index in [1.807, 2.05) is 0 Å². The molecule has 0 aliphatic carbocycles. The van der Waals surface area contributed by atoms with Gasteiger partial charge in [0.1, 0.15) is 0 Å². The monoisotopic (exact) mass is 211 g/mol. The van der Waals surface area contributed by atoms with Gasteiger partial charge in [0.2, 0.25) is 11.8 Å². The molecule has 0 radical (unpaired) electrons. The van der Waals surface area contributed by atoms with Gasteiger partial charge in [0, 0.05) is 6.42 Å². The Labute approximate surface area is 91.3 Å². The molecular weight excluding hydrogens is 190 g/mol. The third-order valence-corrected chi connectivity index (χ3v) is 2.43.